The summed E-state index contributed by atoms with van der Waals surface area (Å²) in [6, 6.07) is 0. The van der Waals surface area contributed by atoms with Crippen LogP contribution in [0, 0.1) is 5.41 Å². The van der Waals surface area contributed by atoms with E-state index < -0.39 is 5.60 Å². The minimum Gasteiger partial charge on any atom is -0.444 e. The normalized spacial score (nSPS) is 12.3. The van der Waals surface area contributed by atoms with Crippen LogP contribution in [-0.2, 0) is 4.74 Å². The maximum atomic E-state index is 11.3. The lowest BCUT2D eigenvalue weighted by Gasteiger charge is -2.19. The first-order chi connectivity index (χ1) is 8.10. The molecule has 0 aliphatic heterocycles. The third-order valence-corrected chi connectivity index (χ3v) is 2.52. The third kappa shape index (κ3) is 13.3. The van der Waals surface area contributed by atoms with Crippen LogP contribution in [0.2, 0.25) is 0 Å². The van der Waals surface area contributed by atoms with Crippen molar-refractivity contribution in [2.75, 3.05) is 6.54 Å². The molecule has 0 heterocycles. The van der Waals surface area contributed by atoms with E-state index in [0.717, 1.165) is 6.42 Å². The van der Waals surface area contributed by atoms with Crippen molar-refractivity contribution in [2.24, 2.45) is 5.41 Å². The summed E-state index contributed by atoms with van der Waals surface area (Å²) >= 11 is 0. The molecule has 0 saturated carbocycles. The van der Waals surface area contributed by atoms with Gasteiger partial charge in [-0.05, 0) is 39.0 Å². The predicted octanol–water partition coefficient (Wildman–Crippen LogP) is 4.51. The van der Waals surface area contributed by atoms with E-state index in [-0.39, 0.29) is 6.09 Å². The van der Waals surface area contributed by atoms with Gasteiger partial charge in [0.05, 0.1) is 0 Å². The van der Waals surface area contributed by atoms with Crippen LogP contribution in [0.1, 0.15) is 73.6 Å². The van der Waals surface area contributed by atoms with E-state index in [1.807, 2.05) is 20.8 Å². The fraction of sp³-hybridized carbons (Fsp3) is 0.933. The second-order valence-corrected chi connectivity index (χ2v) is 7.15. The van der Waals surface area contributed by atoms with E-state index in [0.29, 0.717) is 12.0 Å². The summed E-state index contributed by atoms with van der Waals surface area (Å²) in [5.74, 6) is 0. The molecule has 0 saturated heterocycles. The highest BCUT2D eigenvalue weighted by atomic mass is 16.6. The highest BCUT2D eigenvalue weighted by Crippen LogP contribution is 2.22. The van der Waals surface area contributed by atoms with Gasteiger partial charge in [0.15, 0.2) is 0 Å². The molecule has 3 heteroatoms. The van der Waals surface area contributed by atoms with E-state index in [1.165, 1.54) is 25.7 Å². The van der Waals surface area contributed by atoms with Crippen molar-refractivity contribution in [3.8, 4) is 0 Å². The summed E-state index contributed by atoms with van der Waals surface area (Å²) < 4.78 is 5.16. The maximum absolute atomic E-state index is 11.3. The number of hydrogen-bond donors (Lipinski definition) is 1. The van der Waals surface area contributed by atoms with Crippen LogP contribution in [0.15, 0.2) is 0 Å². The zero-order chi connectivity index (χ0) is 14.2. The molecule has 0 bridgehead atoms. The van der Waals surface area contributed by atoms with Gasteiger partial charge in [-0.3, -0.25) is 0 Å². The second-order valence-electron chi connectivity index (χ2n) is 7.15. The molecular weight excluding hydrogens is 226 g/mol. The van der Waals surface area contributed by atoms with Gasteiger partial charge in [-0.25, -0.2) is 4.79 Å². The molecule has 0 atom stereocenters. The Kier molecular flexibility index (Phi) is 7.34. The molecule has 0 aromatic carbocycles. The van der Waals surface area contributed by atoms with Crippen LogP contribution in [0.5, 0.6) is 0 Å². The van der Waals surface area contributed by atoms with Crippen LogP contribution in [-0.4, -0.2) is 18.2 Å². The average Bonchev–Trinajstić information content (AvgIpc) is 2.11. The number of hydrogen-bond acceptors (Lipinski definition) is 2. The largest absolute Gasteiger partial charge is 0.444 e. The minimum atomic E-state index is -0.406. The number of rotatable bonds is 6. The van der Waals surface area contributed by atoms with E-state index in [1.54, 1.807) is 0 Å². The molecule has 0 radical (unpaired) electrons. The Morgan fingerprint density at radius 1 is 0.944 bits per heavy atom. The molecule has 0 aliphatic rings. The quantitative estimate of drug-likeness (QED) is 0.711. The summed E-state index contributed by atoms with van der Waals surface area (Å²) in [4.78, 5) is 11.3. The van der Waals surface area contributed by atoms with Crippen LogP contribution in [0.25, 0.3) is 0 Å². The predicted molar refractivity (Wildman–Crippen MR) is 76.8 cm³/mol. The van der Waals surface area contributed by atoms with Gasteiger partial charge in [-0.1, -0.05) is 40.0 Å². The lowest BCUT2D eigenvalue weighted by atomic mass is 9.89. The molecule has 0 spiro atoms. The van der Waals surface area contributed by atoms with Gasteiger partial charge >= 0.3 is 6.09 Å². The van der Waals surface area contributed by atoms with Gasteiger partial charge in [-0.2, -0.15) is 0 Å². The minimum absolute atomic E-state index is 0.308. The zero-order valence-corrected chi connectivity index (χ0v) is 13.1. The molecule has 18 heavy (non-hydrogen) atoms. The lowest BCUT2D eigenvalue weighted by molar-refractivity contribution is 0.0527. The Morgan fingerprint density at radius 2 is 1.50 bits per heavy atom. The van der Waals surface area contributed by atoms with Crippen molar-refractivity contribution < 1.29 is 9.53 Å². The zero-order valence-electron chi connectivity index (χ0n) is 13.1. The van der Waals surface area contributed by atoms with Crippen molar-refractivity contribution in [3.63, 3.8) is 0 Å². The van der Waals surface area contributed by atoms with E-state index >= 15 is 0 Å². The van der Waals surface area contributed by atoms with Crippen molar-refractivity contribution in [2.45, 2.75) is 79.2 Å². The number of nitrogens with one attached hydrogen (secondary N) is 1. The fourth-order valence-corrected chi connectivity index (χ4v) is 1.64. The molecule has 0 aromatic rings. The topological polar surface area (TPSA) is 38.3 Å². The highest BCUT2D eigenvalue weighted by molar-refractivity contribution is 5.67. The number of unbranched alkanes of at least 4 members (excludes halogenated alkanes) is 3. The molecule has 0 fully saturated rings. The van der Waals surface area contributed by atoms with E-state index in [4.69, 9.17) is 4.74 Å². The Hall–Kier alpha value is -0.730. The SMILES string of the molecule is CC(C)(C)CCCCCCNC(=O)OC(C)(C)C. The van der Waals surface area contributed by atoms with Gasteiger partial charge < -0.3 is 10.1 Å². The van der Waals surface area contributed by atoms with Gasteiger partial charge in [-0.15, -0.1) is 0 Å². The number of alkyl carbamates (subject to hydrolysis) is 1. The number of carbonyl (C=O) groups is 1. The van der Waals surface area contributed by atoms with E-state index in [9.17, 15) is 4.79 Å². The Labute approximate surface area is 113 Å². The molecule has 108 valence electrons. The molecule has 3 nitrogen and oxygen atoms in total. The van der Waals surface area contributed by atoms with Crippen LogP contribution < -0.4 is 5.32 Å². The van der Waals surface area contributed by atoms with Crippen molar-refractivity contribution in [1.82, 2.24) is 5.32 Å². The first kappa shape index (κ1) is 17.3. The Bertz CT molecular complexity index is 236. The lowest BCUT2D eigenvalue weighted by Crippen LogP contribution is -2.32. The number of ether oxygens (including phenoxy) is 1. The van der Waals surface area contributed by atoms with Crippen LogP contribution in [0.3, 0.4) is 0 Å². The van der Waals surface area contributed by atoms with Crippen LogP contribution >= 0.6 is 0 Å². The third-order valence-electron chi connectivity index (χ3n) is 2.52. The smallest absolute Gasteiger partial charge is 0.407 e. The second kappa shape index (κ2) is 7.65. The van der Waals surface area contributed by atoms with Gasteiger partial charge in [0.25, 0.3) is 0 Å². The Morgan fingerprint density at radius 3 is 2.00 bits per heavy atom. The standard InChI is InChI=1S/C15H31NO2/c1-14(2,3)11-9-7-8-10-12-16-13(17)18-15(4,5)6/h7-12H2,1-6H3,(H,16,17). The van der Waals surface area contributed by atoms with Gasteiger partial charge in [0.2, 0.25) is 0 Å². The van der Waals surface area contributed by atoms with Crippen molar-refractivity contribution in [1.29, 1.82) is 0 Å². The van der Waals surface area contributed by atoms with Crippen molar-refractivity contribution >= 4 is 6.09 Å². The number of carbonyl (C=O) groups excluding carboxylic acids is 1. The molecule has 0 rings (SSSR count). The summed E-state index contributed by atoms with van der Waals surface area (Å²) in [5.41, 5.74) is 0.0333. The maximum Gasteiger partial charge on any atom is 0.407 e. The van der Waals surface area contributed by atoms with Crippen LogP contribution in [0.4, 0.5) is 4.79 Å². The molecule has 0 aliphatic carbocycles. The molecule has 1 amide bonds. The first-order valence-electron chi connectivity index (χ1n) is 7.07. The monoisotopic (exact) mass is 257 g/mol. The fourth-order valence-electron chi connectivity index (χ4n) is 1.64. The summed E-state index contributed by atoms with van der Waals surface area (Å²) in [7, 11) is 0. The highest BCUT2D eigenvalue weighted by Gasteiger charge is 2.15. The molecule has 1 N–H and O–H groups in total. The van der Waals surface area contributed by atoms with Crippen molar-refractivity contribution in [3.05, 3.63) is 0 Å². The summed E-state index contributed by atoms with van der Waals surface area (Å²) in [6.07, 6.45) is 5.68. The Balaban J connectivity index is 3.39. The van der Waals surface area contributed by atoms with E-state index in [2.05, 4.69) is 26.1 Å². The average molecular weight is 257 g/mol. The number of amides is 1. The molecular formula is C15H31NO2. The first-order valence-corrected chi connectivity index (χ1v) is 7.07. The van der Waals surface area contributed by atoms with Gasteiger partial charge in [0, 0.05) is 6.54 Å². The summed E-state index contributed by atoms with van der Waals surface area (Å²) in [6.45, 7) is 13.2. The summed E-state index contributed by atoms with van der Waals surface area (Å²) in [5, 5.41) is 2.79. The van der Waals surface area contributed by atoms with Gasteiger partial charge in [0.1, 0.15) is 5.60 Å². The molecule has 0 unspecified atom stereocenters. The molecule has 0 aromatic heterocycles.